The summed E-state index contributed by atoms with van der Waals surface area (Å²) >= 11 is 0. The molecule has 1 heterocycles. The molecule has 2 rings (SSSR count). The first-order valence-corrected chi connectivity index (χ1v) is 8.28. The van der Waals surface area contributed by atoms with Crippen LogP contribution in [0.2, 0.25) is 0 Å². The Hall–Kier alpha value is -2.71. The van der Waals surface area contributed by atoms with Gasteiger partial charge in [0, 0.05) is 0 Å². The molecule has 8 heteroatoms. The monoisotopic (exact) mass is 362 g/mol. The Morgan fingerprint density at radius 1 is 1.31 bits per heavy atom. The molecule has 1 aliphatic rings. The number of nitrogens with two attached hydrogens (primary N) is 1. The van der Waals surface area contributed by atoms with Crippen molar-refractivity contribution in [3.05, 3.63) is 48.0 Å². The van der Waals surface area contributed by atoms with Gasteiger partial charge in [0.1, 0.15) is 0 Å². The van der Waals surface area contributed by atoms with Crippen molar-refractivity contribution in [3.8, 4) is 0 Å². The number of esters is 1. The molecule has 8 nitrogen and oxygen atoms in total. The summed E-state index contributed by atoms with van der Waals surface area (Å²) in [5.41, 5.74) is 6.94. The standard InChI is InChI=1S/C18H22N2O6/c1-2-25-17(22)15-13(9-6-10-20(15)26-18(23)24)16(21)14(19)11-12-7-4-3-5-8-12/h3-9,13-15H,2,10-11,19H2,1H3,(H,23,24). The van der Waals surface area contributed by atoms with Crippen molar-refractivity contribution < 1.29 is 29.1 Å². The molecule has 0 saturated heterocycles. The van der Waals surface area contributed by atoms with E-state index in [1.807, 2.05) is 30.3 Å². The van der Waals surface area contributed by atoms with Crippen LogP contribution in [-0.2, 0) is 25.6 Å². The number of carbonyl (C=O) groups is 3. The molecule has 0 aromatic heterocycles. The molecule has 0 spiro atoms. The van der Waals surface area contributed by atoms with Gasteiger partial charge >= 0.3 is 12.1 Å². The molecule has 3 N–H and O–H groups in total. The van der Waals surface area contributed by atoms with Crippen LogP contribution >= 0.6 is 0 Å². The molecule has 3 unspecified atom stereocenters. The van der Waals surface area contributed by atoms with E-state index in [1.165, 1.54) is 0 Å². The van der Waals surface area contributed by atoms with Gasteiger partial charge in [-0.2, -0.15) is 0 Å². The zero-order chi connectivity index (χ0) is 19.1. The van der Waals surface area contributed by atoms with E-state index in [-0.39, 0.29) is 18.9 Å². The fourth-order valence-corrected chi connectivity index (χ4v) is 2.86. The first-order chi connectivity index (χ1) is 12.4. The van der Waals surface area contributed by atoms with Crippen molar-refractivity contribution in [3.63, 3.8) is 0 Å². The zero-order valence-electron chi connectivity index (χ0n) is 14.4. The molecule has 3 atom stereocenters. The topological polar surface area (TPSA) is 119 Å². The van der Waals surface area contributed by atoms with Crippen molar-refractivity contribution in [1.82, 2.24) is 5.06 Å². The third-order valence-corrected chi connectivity index (χ3v) is 4.00. The number of hydroxylamine groups is 2. The van der Waals surface area contributed by atoms with Crippen LogP contribution in [0.1, 0.15) is 12.5 Å². The first-order valence-electron chi connectivity index (χ1n) is 8.28. The molecule has 0 radical (unpaired) electrons. The fraction of sp³-hybridized carbons (Fsp3) is 0.389. The lowest BCUT2D eigenvalue weighted by molar-refractivity contribution is -0.185. The number of ketones is 1. The van der Waals surface area contributed by atoms with E-state index in [0.717, 1.165) is 10.6 Å². The number of nitrogens with zero attached hydrogens (tertiary/aromatic N) is 1. The Kier molecular flexibility index (Phi) is 6.88. The van der Waals surface area contributed by atoms with Crippen molar-refractivity contribution in [1.29, 1.82) is 0 Å². The summed E-state index contributed by atoms with van der Waals surface area (Å²) in [7, 11) is 0. The lowest BCUT2D eigenvalue weighted by Crippen LogP contribution is -2.54. The van der Waals surface area contributed by atoms with Crippen molar-refractivity contribution in [2.24, 2.45) is 11.7 Å². The van der Waals surface area contributed by atoms with Crippen molar-refractivity contribution >= 4 is 17.9 Å². The molecule has 0 bridgehead atoms. The van der Waals surface area contributed by atoms with Crippen molar-refractivity contribution in [2.45, 2.75) is 25.4 Å². The number of ether oxygens (including phenoxy) is 1. The molecule has 0 amide bonds. The molecular weight excluding hydrogens is 340 g/mol. The molecule has 1 aliphatic heterocycles. The Labute approximate surface area is 151 Å². The predicted molar refractivity (Wildman–Crippen MR) is 92.0 cm³/mol. The average Bonchev–Trinajstić information content (AvgIpc) is 2.61. The summed E-state index contributed by atoms with van der Waals surface area (Å²) in [6.45, 7) is 1.75. The molecule has 0 saturated carbocycles. The zero-order valence-corrected chi connectivity index (χ0v) is 14.4. The number of hydrogen-bond acceptors (Lipinski definition) is 7. The number of rotatable bonds is 7. The van der Waals surface area contributed by atoms with Gasteiger partial charge in [-0.3, -0.25) is 9.59 Å². The summed E-state index contributed by atoms with van der Waals surface area (Å²) in [5, 5.41) is 9.80. The summed E-state index contributed by atoms with van der Waals surface area (Å²) in [4.78, 5) is 40.7. The highest BCUT2D eigenvalue weighted by Crippen LogP contribution is 2.23. The molecule has 26 heavy (non-hydrogen) atoms. The van der Waals surface area contributed by atoms with E-state index in [0.29, 0.717) is 6.42 Å². The van der Waals surface area contributed by atoms with Crippen molar-refractivity contribution in [2.75, 3.05) is 13.2 Å². The van der Waals surface area contributed by atoms with E-state index in [9.17, 15) is 14.4 Å². The Morgan fingerprint density at radius 2 is 2.00 bits per heavy atom. The van der Waals surface area contributed by atoms with Crippen LogP contribution in [0.15, 0.2) is 42.5 Å². The third kappa shape index (κ3) is 4.90. The minimum absolute atomic E-state index is 0.0352. The second-order valence-electron chi connectivity index (χ2n) is 5.81. The smallest absolute Gasteiger partial charge is 0.465 e. The fourth-order valence-electron chi connectivity index (χ4n) is 2.86. The van der Waals surface area contributed by atoms with Gasteiger partial charge < -0.3 is 20.4 Å². The maximum Gasteiger partial charge on any atom is 0.525 e. The van der Waals surface area contributed by atoms with Gasteiger partial charge in [0.15, 0.2) is 11.8 Å². The highest BCUT2D eigenvalue weighted by atomic mass is 16.8. The molecule has 1 aromatic rings. The average molecular weight is 362 g/mol. The number of carbonyl (C=O) groups excluding carboxylic acids is 2. The molecular formula is C18H22N2O6. The van der Waals surface area contributed by atoms with Gasteiger partial charge in [-0.05, 0) is 18.9 Å². The minimum atomic E-state index is -1.57. The van der Waals surface area contributed by atoms with E-state index < -0.39 is 30.1 Å². The van der Waals surface area contributed by atoms with Gasteiger partial charge in [-0.25, -0.2) is 4.79 Å². The second-order valence-corrected chi connectivity index (χ2v) is 5.81. The van der Waals surface area contributed by atoms with Crippen LogP contribution in [0.4, 0.5) is 4.79 Å². The highest BCUT2D eigenvalue weighted by Gasteiger charge is 2.43. The normalized spacial score (nSPS) is 21.0. The summed E-state index contributed by atoms with van der Waals surface area (Å²) in [6, 6.07) is 7.20. The summed E-state index contributed by atoms with van der Waals surface area (Å²) in [6.07, 6.45) is 1.85. The summed E-state index contributed by atoms with van der Waals surface area (Å²) in [5.74, 6) is -2.08. The third-order valence-electron chi connectivity index (χ3n) is 4.00. The number of Topliss-reactive ketones (excluding diaryl/α,β-unsaturated/α-hetero) is 1. The molecule has 140 valence electrons. The maximum absolute atomic E-state index is 12.8. The molecule has 0 fully saturated rings. The first kappa shape index (κ1) is 19.6. The van der Waals surface area contributed by atoms with Crippen LogP contribution in [-0.4, -0.2) is 53.3 Å². The van der Waals surface area contributed by atoms with Gasteiger partial charge in [0.2, 0.25) is 0 Å². The predicted octanol–water partition coefficient (Wildman–Crippen LogP) is 1.15. The van der Waals surface area contributed by atoms with E-state index in [4.69, 9.17) is 15.6 Å². The number of hydrogen-bond donors (Lipinski definition) is 2. The summed E-state index contributed by atoms with van der Waals surface area (Å²) < 4.78 is 4.99. The van der Waals surface area contributed by atoms with Crippen LogP contribution < -0.4 is 5.73 Å². The van der Waals surface area contributed by atoms with Crippen LogP contribution in [0.3, 0.4) is 0 Å². The Bertz CT molecular complexity index is 676. The molecule has 0 aliphatic carbocycles. The van der Waals surface area contributed by atoms with Gasteiger partial charge in [0.25, 0.3) is 0 Å². The quantitative estimate of drug-likeness (QED) is 0.548. The highest BCUT2D eigenvalue weighted by molar-refractivity contribution is 5.93. The van der Waals surface area contributed by atoms with Crippen LogP contribution in [0.5, 0.6) is 0 Å². The second kappa shape index (κ2) is 9.12. The number of carboxylic acid groups (broad SMARTS) is 1. The molecule has 1 aromatic carbocycles. The van der Waals surface area contributed by atoms with Gasteiger partial charge in [-0.1, -0.05) is 42.5 Å². The van der Waals surface area contributed by atoms with E-state index in [1.54, 1.807) is 19.1 Å². The van der Waals surface area contributed by atoms with Gasteiger partial charge in [0.05, 0.1) is 25.1 Å². The largest absolute Gasteiger partial charge is 0.525 e. The van der Waals surface area contributed by atoms with Gasteiger partial charge in [-0.15, -0.1) is 5.06 Å². The van der Waals surface area contributed by atoms with E-state index in [2.05, 4.69) is 4.84 Å². The lowest BCUT2D eigenvalue weighted by atomic mass is 9.86. The van der Waals surface area contributed by atoms with Crippen LogP contribution in [0, 0.1) is 5.92 Å². The maximum atomic E-state index is 12.8. The Balaban J connectivity index is 2.20. The number of benzene rings is 1. The SMILES string of the molecule is CCOC(=O)C1C(C(=O)C(N)Cc2ccccc2)C=CCN1OC(=O)O. The Morgan fingerprint density at radius 3 is 2.62 bits per heavy atom. The minimum Gasteiger partial charge on any atom is -0.465 e. The lowest BCUT2D eigenvalue weighted by Gasteiger charge is -2.34. The van der Waals surface area contributed by atoms with E-state index >= 15 is 0 Å². The van der Waals surface area contributed by atoms with Crippen LogP contribution in [0.25, 0.3) is 0 Å².